The summed E-state index contributed by atoms with van der Waals surface area (Å²) in [7, 11) is 0. The molecule has 0 heterocycles. The Hall–Kier alpha value is -0.370. The van der Waals surface area contributed by atoms with E-state index in [0.29, 0.717) is 5.78 Å². The fourth-order valence-electron chi connectivity index (χ4n) is 2.39. The number of hydrogen-bond donors (Lipinski definition) is 1. The fourth-order valence-corrected chi connectivity index (χ4v) is 2.39. The SMILES string of the molecule is O=C1CCC(CNCC2CCC2)CC1. The second kappa shape index (κ2) is 4.92. The third-order valence-electron chi connectivity index (χ3n) is 3.75. The van der Waals surface area contributed by atoms with E-state index in [0.717, 1.165) is 44.1 Å². The predicted octanol–water partition coefficient (Wildman–Crippen LogP) is 2.14. The highest BCUT2D eigenvalue weighted by Crippen LogP contribution is 2.25. The lowest BCUT2D eigenvalue weighted by Gasteiger charge is -2.27. The number of Topliss-reactive ketones (excluding diaryl/α,β-unsaturated/α-hetero) is 1. The first-order valence-electron chi connectivity index (χ1n) is 6.07. The molecule has 2 aliphatic rings. The Morgan fingerprint density at radius 1 is 1.00 bits per heavy atom. The van der Waals surface area contributed by atoms with Gasteiger partial charge in [0.15, 0.2) is 0 Å². The number of nitrogens with one attached hydrogen (secondary N) is 1. The van der Waals surface area contributed by atoms with Gasteiger partial charge < -0.3 is 5.32 Å². The van der Waals surface area contributed by atoms with Crippen LogP contribution in [0.2, 0.25) is 0 Å². The normalized spacial score (nSPS) is 25.0. The molecular formula is C12H21NO. The summed E-state index contributed by atoms with van der Waals surface area (Å²) in [6.07, 6.45) is 8.19. The first-order chi connectivity index (χ1) is 6.84. The molecule has 0 spiro atoms. The van der Waals surface area contributed by atoms with Crippen LogP contribution in [0.25, 0.3) is 0 Å². The molecule has 2 aliphatic carbocycles. The van der Waals surface area contributed by atoms with Crippen molar-refractivity contribution in [3.05, 3.63) is 0 Å². The first-order valence-corrected chi connectivity index (χ1v) is 6.07. The molecule has 0 aromatic rings. The van der Waals surface area contributed by atoms with E-state index in [-0.39, 0.29) is 0 Å². The van der Waals surface area contributed by atoms with Crippen LogP contribution >= 0.6 is 0 Å². The van der Waals surface area contributed by atoms with E-state index in [4.69, 9.17) is 0 Å². The van der Waals surface area contributed by atoms with Gasteiger partial charge in [-0.15, -0.1) is 0 Å². The summed E-state index contributed by atoms with van der Waals surface area (Å²) in [6.45, 7) is 2.36. The van der Waals surface area contributed by atoms with Crippen molar-refractivity contribution in [2.75, 3.05) is 13.1 Å². The highest BCUT2D eigenvalue weighted by molar-refractivity contribution is 5.79. The zero-order valence-electron chi connectivity index (χ0n) is 8.93. The molecule has 0 radical (unpaired) electrons. The maximum absolute atomic E-state index is 11.0. The maximum atomic E-state index is 11.0. The van der Waals surface area contributed by atoms with Gasteiger partial charge in [0.1, 0.15) is 5.78 Å². The van der Waals surface area contributed by atoms with Crippen LogP contribution in [0.4, 0.5) is 0 Å². The minimum absolute atomic E-state index is 0.472. The molecular weight excluding hydrogens is 174 g/mol. The van der Waals surface area contributed by atoms with Crippen molar-refractivity contribution in [1.82, 2.24) is 5.32 Å². The zero-order valence-corrected chi connectivity index (χ0v) is 8.93. The molecule has 0 aromatic heterocycles. The summed E-state index contributed by atoms with van der Waals surface area (Å²) < 4.78 is 0. The molecule has 2 heteroatoms. The quantitative estimate of drug-likeness (QED) is 0.744. The molecule has 0 aliphatic heterocycles. The molecule has 0 amide bonds. The number of carbonyl (C=O) groups is 1. The Balaban J connectivity index is 1.54. The van der Waals surface area contributed by atoms with Crippen molar-refractivity contribution in [3.63, 3.8) is 0 Å². The number of carbonyl (C=O) groups excluding carboxylic acids is 1. The summed E-state index contributed by atoms with van der Waals surface area (Å²) in [4.78, 5) is 11.0. The summed E-state index contributed by atoms with van der Waals surface area (Å²) >= 11 is 0. The fraction of sp³-hybridized carbons (Fsp3) is 0.917. The number of rotatable bonds is 4. The van der Waals surface area contributed by atoms with Crippen LogP contribution in [0.5, 0.6) is 0 Å². The van der Waals surface area contributed by atoms with Crippen molar-refractivity contribution in [1.29, 1.82) is 0 Å². The monoisotopic (exact) mass is 195 g/mol. The van der Waals surface area contributed by atoms with E-state index in [1.54, 1.807) is 0 Å². The van der Waals surface area contributed by atoms with Crippen molar-refractivity contribution in [3.8, 4) is 0 Å². The van der Waals surface area contributed by atoms with Gasteiger partial charge in [0.05, 0.1) is 0 Å². The largest absolute Gasteiger partial charge is 0.316 e. The van der Waals surface area contributed by atoms with Gasteiger partial charge in [-0.25, -0.2) is 0 Å². The Morgan fingerprint density at radius 2 is 1.57 bits per heavy atom. The van der Waals surface area contributed by atoms with E-state index in [1.165, 1.54) is 25.8 Å². The van der Waals surface area contributed by atoms with Crippen LogP contribution in [0.1, 0.15) is 44.9 Å². The van der Waals surface area contributed by atoms with Crippen LogP contribution in [-0.4, -0.2) is 18.9 Å². The van der Waals surface area contributed by atoms with Gasteiger partial charge in [0, 0.05) is 12.8 Å². The van der Waals surface area contributed by atoms with Crippen molar-refractivity contribution >= 4 is 5.78 Å². The van der Waals surface area contributed by atoms with Crippen molar-refractivity contribution < 1.29 is 4.79 Å². The van der Waals surface area contributed by atoms with E-state index in [2.05, 4.69) is 5.32 Å². The molecule has 2 nitrogen and oxygen atoms in total. The molecule has 1 N–H and O–H groups in total. The lowest BCUT2D eigenvalue weighted by atomic mass is 9.85. The van der Waals surface area contributed by atoms with Gasteiger partial charge in [-0.1, -0.05) is 6.42 Å². The Labute approximate surface area is 86.5 Å². The van der Waals surface area contributed by atoms with Crippen molar-refractivity contribution in [2.24, 2.45) is 11.8 Å². The van der Waals surface area contributed by atoms with Gasteiger partial charge in [0.25, 0.3) is 0 Å². The van der Waals surface area contributed by atoms with Crippen LogP contribution in [0.3, 0.4) is 0 Å². The van der Waals surface area contributed by atoms with Crippen molar-refractivity contribution in [2.45, 2.75) is 44.9 Å². The molecule has 0 atom stereocenters. The predicted molar refractivity (Wildman–Crippen MR) is 57.2 cm³/mol. The Bertz CT molecular complexity index is 188. The minimum atomic E-state index is 0.472. The molecule has 0 unspecified atom stereocenters. The Kier molecular flexibility index (Phi) is 3.57. The molecule has 0 aromatic carbocycles. The smallest absolute Gasteiger partial charge is 0.132 e. The molecule has 0 saturated heterocycles. The standard InChI is InChI=1S/C12H21NO/c14-12-6-4-11(5-7-12)9-13-8-10-2-1-3-10/h10-11,13H,1-9H2. The number of ketones is 1. The third-order valence-corrected chi connectivity index (χ3v) is 3.75. The van der Waals surface area contributed by atoms with Gasteiger partial charge in [-0.3, -0.25) is 4.79 Å². The highest BCUT2D eigenvalue weighted by atomic mass is 16.1. The lowest BCUT2D eigenvalue weighted by Crippen LogP contribution is -2.32. The summed E-state index contributed by atoms with van der Waals surface area (Å²) in [5.74, 6) is 2.20. The molecule has 2 rings (SSSR count). The van der Waals surface area contributed by atoms with Crippen LogP contribution in [0.15, 0.2) is 0 Å². The Morgan fingerprint density at radius 3 is 2.07 bits per heavy atom. The average molecular weight is 195 g/mol. The zero-order chi connectivity index (χ0) is 9.80. The minimum Gasteiger partial charge on any atom is -0.316 e. The van der Waals surface area contributed by atoms with Crippen LogP contribution in [-0.2, 0) is 4.79 Å². The van der Waals surface area contributed by atoms with E-state index in [9.17, 15) is 4.79 Å². The molecule has 2 saturated carbocycles. The summed E-state index contributed by atoms with van der Waals surface area (Å²) in [5.41, 5.74) is 0. The summed E-state index contributed by atoms with van der Waals surface area (Å²) in [5, 5.41) is 3.56. The lowest BCUT2D eigenvalue weighted by molar-refractivity contribution is -0.120. The second-order valence-electron chi connectivity index (χ2n) is 4.94. The topological polar surface area (TPSA) is 29.1 Å². The first kappa shape index (κ1) is 10.2. The molecule has 80 valence electrons. The molecule has 0 bridgehead atoms. The van der Waals surface area contributed by atoms with E-state index in [1.807, 2.05) is 0 Å². The van der Waals surface area contributed by atoms with Crippen LogP contribution in [0, 0.1) is 11.8 Å². The second-order valence-corrected chi connectivity index (χ2v) is 4.94. The average Bonchev–Trinajstić information content (AvgIpc) is 2.12. The van der Waals surface area contributed by atoms with E-state index < -0.39 is 0 Å². The maximum Gasteiger partial charge on any atom is 0.132 e. The third kappa shape index (κ3) is 2.81. The molecule has 14 heavy (non-hydrogen) atoms. The van der Waals surface area contributed by atoms with Gasteiger partial charge in [0.2, 0.25) is 0 Å². The highest BCUT2D eigenvalue weighted by Gasteiger charge is 2.20. The number of hydrogen-bond acceptors (Lipinski definition) is 2. The van der Waals surface area contributed by atoms with Gasteiger partial charge >= 0.3 is 0 Å². The van der Waals surface area contributed by atoms with Gasteiger partial charge in [-0.05, 0) is 50.6 Å². The van der Waals surface area contributed by atoms with Crippen LogP contribution < -0.4 is 5.32 Å². The molecule has 2 fully saturated rings. The summed E-state index contributed by atoms with van der Waals surface area (Å²) in [6, 6.07) is 0. The van der Waals surface area contributed by atoms with Gasteiger partial charge in [-0.2, -0.15) is 0 Å². The van der Waals surface area contributed by atoms with E-state index >= 15 is 0 Å².